The number of amides is 1. The van der Waals surface area contributed by atoms with Crippen molar-refractivity contribution < 1.29 is 4.79 Å². The Morgan fingerprint density at radius 2 is 2.08 bits per heavy atom. The van der Waals surface area contributed by atoms with Gasteiger partial charge < -0.3 is 20.4 Å². The average molecular weight is 331 g/mol. The molecule has 1 fully saturated rings. The molecule has 0 radical (unpaired) electrons. The van der Waals surface area contributed by atoms with Crippen molar-refractivity contribution in [2.24, 2.45) is 4.99 Å². The number of hydrogen-bond acceptors (Lipinski definition) is 3. The first-order valence-electron chi connectivity index (χ1n) is 8.72. The maximum atomic E-state index is 12.3. The summed E-state index contributed by atoms with van der Waals surface area (Å²) in [6, 6.07) is 9.90. The zero-order valence-corrected chi connectivity index (χ0v) is 15.0. The van der Waals surface area contributed by atoms with E-state index in [1.54, 1.807) is 0 Å². The number of guanidine groups is 1. The van der Waals surface area contributed by atoms with Crippen molar-refractivity contribution in [2.75, 3.05) is 44.7 Å². The molecule has 0 saturated carbocycles. The van der Waals surface area contributed by atoms with Gasteiger partial charge in [0.05, 0.1) is 12.6 Å². The van der Waals surface area contributed by atoms with Gasteiger partial charge in [-0.15, -0.1) is 0 Å². The molecule has 0 bridgehead atoms. The van der Waals surface area contributed by atoms with Crippen LogP contribution in [-0.4, -0.2) is 62.6 Å². The van der Waals surface area contributed by atoms with Crippen LogP contribution >= 0.6 is 0 Å². The summed E-state index contributed by atoms with van der Waals surface area (Å²) in [5, 5.41) is 6.66. The Bertz CT molecular complexity index is 546. The highest BCUT2D eigenvalue weighted by Gasteiger charge is 2.30. The van der Waals surface area contributed by atoms with Gasteiger partial charge in [-0.05, 0) is 32.6 Å². The Labute approximate surface area is 144 Å². The summed E-state index contributed by atoms with van der Waals surface area (Å²) < 4.78 is 0. The zero-order chi connectivity index (χ0) is 17.4. The van der Waals surface area contributed by atoms with E-state index in [9.17, 15) is 4.79 Å². The average Bonchev–Trinajstić information content (AvgIpc) is 2.96. The van der Waals surface area contributed by atoms with Crippen LogP contribution < -0.4 is 15.5 Å². The predicted octanol–water partition coefficient (Wildman–Crippen LogP) is 1.30. The maximum Gasteiger partial charge on any atom is 0.229 e. The Balaban J connectivity index is 1.93. The van der Waals surface area contributed by atoms with Gasteiger partial charge in [0.25, 0.3) is 0 Å². The van der Waals surface area contributed by atoms with Gasteiger partial charge in [0.1, 0.15) is 0 Å². The summed E-state index contributed by atoms with van der Waals surface area (Å²) >= 11 is 0. The number of para-hydroxylation sites is 1. The molecule has 2 rings (SSSR count). The molecule has 24 heavy (non-hydrogen) atoms. The highest BCUT2D eigenvalue weighted by atomic mass is 16.2. The van der Waals surface area contributed by atoms with Crippen molar-refractivity contribution in [3.05, 3.63) is 30.3 Å². The minimum Gasteiger partial charge on any atom is -0.357 e. The second kappa shape index (κ2) is 9.27. The van der Waals surface area contributed by atoms with Crippen LogP contribution in [0.25, 0.3) is 0 Å². The van der Waals surface area contributed by atoms with E-state index in [4.69, 9.17) is 0 Å². The van der Waals surface area contributed by atoms with Gasteiger partial charge in [-0.1, -0.05) is 25.1 Å². The number of rotatable bonds is 7. The molecule has 6 heteroatoms. The number of benzene rings is 1. The lowest BCUT2D eigenvalue weighted by molar-refractivity contribution is -0.117. The molecule has 1 aliphatic rings. The molecule has 1 aliphatic heterocycles. The molecule has 1 unspecified atom stereocenters. The summed E-state index contributed by atoms with van der Waals surface area (Å²) in [5.41, 5.74) is 0.957. The number of hydrogen-bond donors (Lipinski definition) is 2. The lowest BCUT2D eigenvalue weighted by Crippen LogP contribution is -2.45. The van der Waals surface area contributed by atoms with Crippen LogP contribution in [0, 0.1) is 0 Å². The van der Waals surface area contributed by atoms with Crippen LogP contribution in [0.2, 0.25) is 0 Å². The quantitative estimate of drug-likeness (QED) is 0.584. The minimum absolute atomic E-state index is 0.0828. The SMILES string of the molecule is CCNC(=NCCN(C)CC)NC1CC(=O)N(c2ccccc2)C1. The first-order valence-corrected chi connectivity index (χ1v) is 8.72. The second-order valence-electron chi connectivity index (χ2n) is 6.04. The van der Waals surface area contributed by atoms with Crippen LogP contribution in [0.3, 0.4) is 0 Å². The van der Waals surface area contributed by atoms with Gasteiger partial charge in [0.15, 0.2) is 5.96 Å². The van der Waals surface area contributed by atoms with E-state index in [1.807, 2.05) is 42.2 Å². The zero-order valence-electron chi connectivity index (χ0n) is 15.0. The normalized spacial score (nSPS) is 18.3. The fraction of sp³-hybridized carbons (Fsp3) is 0.556. The van der Waals surface area contributed by atoms with E-state index in [2.05, 4.69) is 34.5 Å². The van der Waals surface area contributed by atoms with Crippen LogP contribution in [0.1, 0.15) is 20.3 Å². The summed E-state index contributed by atoms with van der Waals surface area (Å²) in [6.45, 7) is 8.33. The molecule has 132 valence electrons. The van der Waals surface area contributed by atoms with E-state index in [-0.39, 0.29) is 11.9 Å². The Kier molecular flexibility index (Phi) is 7.06. The lowest BCUT2D eigenvalue weighted by Gasteiger charge is -2.19. The lowest BCUT2D eigenvalue weighted by atomic mass is 10.2. The number of aliphatic imine (C=N–C) groups is 1. The summed E-state index contributed by atoms with van der Waals surface area (Å²) in [6.07, 6.45) is 0.494. The molecule has 2 N–H and O–H groups in total. The number of nitrogens with one attached hydrogen (secondary N) is 2. The largest absolute Gasteiger partial charge is 0.357 e. The van der Waals surface area contributed by atoms with Crippen LogP contribution in [0.4, 0.5) is 5.69 Å². The minimum atomic E-state index is 0.0828. The molecular formula is C18H29N5O. The third-order valence-corrected chi connectivity index (χ3v) is 4.17. The highest BCUT2D eigenvalue weighted by molar-refractivity contribution is 5.97. The third-order valence-electron chi connectivity index (χ3n) is 4.17. The van der Waals surface area contributed by atoms with Gasteiger partial charge in [0.2, 0.25) is 5.91 Å². The topological polar surface area (TPSA) is 60.0 Å². The molecule has 0 aromatic heterocycles. The number of nitrogens with zero attached hydrogens (tertiary/aromatic N) is 3. The fourth-order valence-corrected chi connectivity index (χ4v) is 2.67. The molecular weight excluding hydrogens is 302 g/mol. The van der Waals surface area contributed by atoms with Crippen LogP contribution in [0.15, 0.2) is 35.3 Å². The highest BCUT2D eigenvalue weighted by Crippen LogP contribution is 2.20. The van der Waals surface area contributed by atoms with Crippen molar-refractivity contribution in [3.8, 4) is 0 Å². The molecule has 1 aromatic carbocycles. The van der Waals surface area contributed by atoms with E-state index >= 15 is 0 Å². The Morgan fingerprint density at radius 1 is 1.33 bits per heavy atom. The van der Waals surface area contributed by atoms with Gasteiger partial charge in [0, 0.05) is 31.7 Å². The maximum absolute atomic E-state index is 12.3. The van der Waals surface area contributed by atoms with Gasteiger partial charge in [-0.3, -0.25) is 9.79 Å². The Hall–Kier alpha value is -2.08. The van der Waals surface area contributed by atoms with Gasteiger partial charge >= 0.3 is 0 Å². The third kappa shape index (κ3) is 5.23. The number of carbonyl (C=O) groups is 1. The molecule has 1 atom stereocenters. The summed E-state index contributed by atoms with van der Waals surface area (Å²) in [5.74, 6) is 0.940. The summed E-state index contributed by atoms with van der Waals surface area (Å²) in [7, 11) is 2.09. The second-order valence-corrected chi connectivity index (χ2v) is 6.04. The molecule has 1 amide bonds. The van der Waals surface area contributed by atoms with E-state index in [0.29, 0.717) is 13.0 Å². The fourth-order valence-electron chi connectivity index (χ4n) is 2.67. The van der Waals surface area contributed by atoms with E-state index in [0.717, 1.165) is 37.8 Å². The molecule has 0 spiro atoms. The van der Waals surface area contributed by atoms with Gasteiger partial charge in [-0.25, -0.2) is 0 Å². The molecule has 1 saturated heterocycles. The number of anilines is 1. The smallest absolute Gasteiger partial charge is 0.229 e. The standard InChI is InChI=1S/C18H29N5O/c1-4-19-18(20-11-12-22(3)5-2)21-15-13-17(24)23(14-15)16-9-7-6-8-10-16/h6-10,15H,4-5,11-14H2,1-3H3,(H2,19,20,21). The van der Waals surface area contributed by atoms with E-state index in [1.165, 1.54) is 0 Å². The first kappa shape index (κ1) is 18.3. The number of likely N-dealkylation sites (N-methyl/N-ethyl adjacent to an activating group) is 1. The van der Waals surface area contributed by atoms with Crippen LogP contribution in [-0.2, 0) is 4.79 Å². The van der Waals surface area contributed by atoms with Crippen molar-refractivity contribution in [3.63, 3.8) is 0 Å². The predicted molar refractivity (Wildman–Crippen MR) is 99.5 cm³/mol. The molecule has 1 heterocycles. The van der Waals surface area contributed by atoms with E-state index < -0.39 is 0 Å². The van der Waals surface area contributed by atoms with Crippen molar-refractivity contribution in [2.45, 2.75) is 26.3 Å². The van der Waals surface area contributed by atoms with Crippen molar-refractivity contribution >= 4 is 17.6 Å². The number of carbonyl (C=O) groups excluding carboxylic acids is 1. The molecule has 0 aliphatic carbocycles. The molecule has 6 nitrogen and oxygen atoms in total. The van der Waals surface area contributed by atoms with Crippen LogP contribution in [0.5, 0.6) is 0 Å². The Morgan fingerprint density at radius 3 is 2.75 bits per heavy atom. The summed E-state index contributed by atoms with van der Waals surface area (Å²) in [4.78, 5) is 21.0. The van der Waals surface area contributed by atoms with Crippen molar-refractivity contribution in [1.29, 1.82) is 0 Å². The first-order chi connectivity index (χ1) is 11.6. The monoisotopic (exact) mass is 331 g/mol. The van der Waals surface area contributed by atoms with Crippen molar-refractivity contribution in [1.82, 2.24) is 15.5 Å². The molecule has 1 aromatic rings. The van der Waals surface area contributed by atoms with Gasteiger partial charge in [-0.2, -0.15) is 0 Å².